The minimum atomic E-state index is -3.49. The summed E-state index contributed by atoms with van der Waals surface area (Å²) in [6.45, 7) is 0.239. The van der Waals surface area contributed by atoms with Crippen LogP contribution in [0.3, 0.4) is 0 Å². The van der Waals surface area contributed by atoms with Crippen LogP contribution < -0.4 is 9.62 Å². The van der Waals surface area contributed by atoms with Crippen LogP contribution in [0.25, 0.3) is 6.08 Å². The normalized spacial score (nSPS) is 16.0. The number of carbonyl (C=O) groups excluding carboxylic acids is 1. The van der Waals surface area contributed by atoms with Crippen LogP contribution in [0.5, 0.6) is 0 Å². The summed E-state index contributed by atoms with van der Waals surface area (Å²) < 4.78 is 39.2. The molecule has 0 spiro atoms. The van der Waals surface area contributed by atoms with Crippen molar-refractivity contribution in [2.75, 3.05) is 28.2 Å². The van der Waals surface area contributed by atoms with Crippen molar-refractivity contribution in [1.82, 2.24) is 0 Å². The lowest BCUT2D eigenvalue weighted by Crippen LogP contribution is -2.26. The predicted molar refractivity (Wildman–Crippen MR) is 108 cm³/mol. The molecule has 2 aromatic carbocycles. The summed E-state index contributed by atoms with van der Waals surface area (Å²) in [4.78, 5) is 13.3. The third-order valence-corrected chi connectivity index (χ3v) is 6.72. The quantitative estimate of drug-likeness (QED) is 0.607. The van der Waals surface area contributed by atoms with Crippen LogP contribution in [-0.2, 0) is 14.8 Å². The molecule has 0 aromatic heterocycles. The molecular weight excluding hydrogens is 387 g/mol. The molecule has 1 N–H and O–H groups in total. The molecule has 0 aliphatic carbocycles. The van der Waals surface area contributed by atoms with E-state index in [9.17, 15) is 17.6 Å². The Labute approximate surface area is 162 Å². The number of rotatable bonds is 5. The van der Waals surface area contributed by atoms with Gasteiger partial charge >= 0.3 is 0 Å². The molecular formula is C19H19FN2O3S2. The summed E-state index contributed by atoms with van der Waals surface area (Å²) in [6.07, 6.45) is 5.50. The SMILES string of the molecule is CSc1ccc(/C=C/C(=O)Nc2ccc(F)c(N3CCCS3(=O)=O)c2)cc1. The van der Waals surface area contributed by atoms with E-state index < -0.39 is 15.8 Å². The van der Waals surface area contributed by atoms with E-state index in [1.165, 1.54) is 18.2 Å². The molecule has 5 nitrogen and oxygen atoms in total. The number of thioether (sulfide) groups is 1. The van der Waals surface area contributed by atoms with Crippen LogP contribution in [0.1, 0.15) is 12.0 Å². The first-order valence-electron chi connectivity index (χ1n) is 8.32. The van der Waals surface area contributed by atoms with Crippen molar-refractivity contribution in [3.8, 4) is 0 Å². The first-order valence-corrected chi connectivity index (χ1v) is 11.2. The van der Waals surface area contributed by atoms with Crippen molar-refractivity contribution in [2.24, 2.45) is 0 Å². The lowest BCUT2D eigenvalue weighted by molar-refractivity contribution is -0.111. The van der Waals surface area contributed by atoms with E-state index in [2.05, 4.69) is 5.32 Å². The van der Waals surface area contributed by atoms with Gasteiger partial charge < -0.3 is 5.32 Å². The Hall–Kier alpha value is -2.32. The molecule has 1 heterocycles. The highest BCUT2D eigenvalue weighted by molar-refractivity contribution is 7.98. The van der Waals surface area contributed by atoms with Gasteiger partial charge in [0.15, 0.2) is 0 Å². The van der Waals surface area contributed by atoms with Crippen molar-refractivity contribution in [1.29, 1.82) is 0 Å². The van der Waals surface area contributed by atoms with Crippen LogP contribution in [0.4, 0.5) is 15.8 Å². The third kappa shape index (κ3) is 4.70. The van der Waals surface area contributed by atoms with Gasteiger partial charge in [-0.1, -0.05) is 12.1 Å². The van der Waals surface area contributed by atoms with Gasteiger partial charge in [-0.2, -0.15) is 0 Å². The van der Waals surface area contributed by atoms with Crippen molar-refractivity contribution in [2.45, 2.75) is 11.3 Å². The number of sulfonamides is 1. The van der Waals surface area contributed by atoms with Gasteiger partial charge in [0.25, 0.3) is 0 Å². The number of nitrogens with zero attached hydrogens (tertiary/aromatic N) is 1. The zero-order valence-electron chi connectivity index (χ0n) is 14.7. The molecule has 8 heteroatoms. The molecule has 3 rings (SSSR count). The molecule has 0 unspecified atom stereocenters. The Kier molecular flexibility index (Phi) is 5.86. The average molecular weight is 407 g/mol. The summed E-state index contributed by atoms with van der Waals surface area (Å²) in [7, 11) is -3.49. The molecule has 0 bridgehead atoms. The second kappa shape index (κ2) is 8.14. The van der Waals surface area contributed by atoms with Gasteiger partial charge in [-0.05, 0) is 54.6 Å². The van der Waals surface area contributed by atoms with Gasteiger partial charge in [-0.3, -0.25) is 9.10 Å². The van der Waals surface area contributed by atoms with E-state index in [1.807, 2.05) is 30.5 Å². The third-order valence-electron chi connectivity index (χ3n) is 4.12. The second-order valence-electron chi connectivity index (χ2n) is 6.00. The summed E-state index contributed by atoms with van der Waals surface area (Å²) in [5.74, 6) is -1.02. The lowest BCUT2D eigenvalue weighted by atomic mass is 10.2. The molecule has 1 aliphatic heterocycles. The van der Waals surface area contributed by atoms with Crippen LogP contribution in [-0.4, -0.2) is 32.9 Å². The van der Waals surface area contributed by atoms with E-state index in [-0.39, 0.29) is 23.9 Å². The minimum absolute atomic E-state index is 0.00108. The van der Waals surface area contributed by atoms with Gasteiger partial charge in [0.05, 0.1) is 11.4 Å². The molecule has 1 aliphatic rings. The van der Waals surface area contributed by atoms with Gasteiger partial charge in [0.1, 0.15) is 5.82 Å². The Morgan fingerprint density at radius 3 is 2.59 bits per heavy atom. The van der Waals surface area contributed by atoms with Crippen molar-refractivity contribution >= 4 is 45.1 Å². The van der Waals surface area contributed by atoms with Gasteiger partial charge in [-0.15, -0.1) is 11.8 Å². The topological polar surface area (TPSA) is 66.5 Å². The number of hydrogen-bond donors (Lipinski definition) is 1. The fraction of sp³-hybridized carbons (Fsp3) is 0.211. The summed E-state index contributed by atoms with van der Waals surface area (Å²) >= 11 is 1.64. The van der Waals surface area contributed by atoms with E-state index in [0.29, 0.717) is 12.1 Å². The molecule has 0 atom stereocenters. The van der Waals surface area contributed by atoms with E-state index in [0.717, 1.165) is 20.8 Å². The first kappa shape index (κ1) is 19.4. The number of carbonyl (C=O) groups is 1. The molecule has 1 amide bonds. The maximum atomic E-state index is 14.1. The molecule has 142 valence electrons. The van der Waals surface area contributed by atoms with Crippen LogP contribution in [0.2, 0.25) is 0 Å². The van der Waals surface area contributed by atoms with Crippen molar-refractivity contribution in [3.05, 3.63) is 59.9 Å². The highest BCUT2D eigenvalue weighted by Crippen LogP contribution is 2.29. The number of halogens is 1. The fourth-order valence-electron chi connectivity index (χ4n) is 2.76. The standard InChI is InChI=1S/C19H19FN2O3S2/c1-26-16-7-3-14(4-8-16)5-10-19(23)21-15-6-9-17(20)18(13-15)22-11-2-12-27(22,24)25/h3-10,13H,2,11-12H2,1H3,(H,21,23)/b10-5+. The Balaban J connectivity index is 1.72. The number of anilines is 2. The van der Waals surface area contributed by atoms with Crippen molar-refractivity contribution < 1.29 is 17.6 Å². The number of amides is 1. The smallest absolute Gasteiger partial charge is 0.248 e. The number of benzene rings is 2. The van der Waals surface area contributed by atoms with Crippen LogP contribution in [0.15, 0.2) is 53.4 Å². The zero-order valence-corrected chi connectivity index (χ0v) is 16.3. The maximum Gasteiger partial charge on any atom is 0.248 e. The molecule has 0 radical (unpaired) electrons. The fourth-order valence-corrected chi connectivity index (χ4v) is 4.73. The maximum absolute atomic E-state index is 14.1. The van der Waals surface area contributed by atoms with Gasteiger partial charge in [0.2, 0.25) is 15.9 Å². The Bertz CT molecular complexity index is 973. The highest BCUT2D eigenvalue weighted by Gasteiger charge is 2.30. The second-order valence-corrected chi connectivity index (χ2v) is 8.90. The first-order chi connectivity index (χ1) is 12.9. The molecule has 1 fully saturated rings. The molecule has 2 aromatic rings. The number of hydrogen-bond acceptors (Lipinski definition) is 4. The van der Waals surface area contributed by atoms with Crippen LogP contribution >= 0.6 is 11.8 Å². The summed E-state index contributed by atoms with van der Waals surface area (Å²) in [5, 5.41) is 2.64. The van der Waals surface area contributed by atoms with E-state index in [1.54, 1.807) is 17.8 Å². The predicted octanol–water partition coefficient (Wildman–Crippen LogP) is 3.74. The largest absolute Gasteiger partial charge is 0.322 e. The minimum Gasteiger partial charge on any atom is -0.322 e. The van der Waals surface area contributed by atoms with Crippen LogP contribution in [0, 0.1) is 5.82 Å². The highest BCUT2D eigenvalue weighted by atomic mass is 32.2. The molecule has 0 saturated carbocycles. The lowest BCUT2D eigenvalue weighted by Gasteiger charge is -2.18. The van der Waals surface area contributed by atoms with Gasteiger partial charge in [0, 0.05) is 23.2 Å². The molecule has 27 heavy (non-hydrogen) atoms. The summed E-state index contributed by atoms with van der Waals surface area (Å²) in [5.41, 5.74) is 1.17. The zero-order chi connectivity index (χ0) is 19.4. The van der Waals surface area contributed by atoms with E-state index in [4.69, 9.17) is 0 Å². The van der Waals surface area contributed by atoms with Gasteiger partial charge in [-0.25, -0.2) is 12.8 Å². The Morgan fingerprint density at radius 2 is 1.96 bits per heavy atom. The number of nitrogens with one attached hydrogen (secondary N) is 1. The van der Waals surface area contributed by atoms with E-state index >= 15 is 0 Å². The average Bonchev–Trinajstić information content (AvgIpc) is 3.01. The molecule has 1 saturated heterocycles. The summed E-state index contributed by atoms with van der Waals surface area (Å²) in [6, 6.07) is 11.6. The Morgan fingerprint density at radius 1 is 1.22 bits per heavy atom. The van der Waals surface area contributed by atoms with Crippen molar-refractivity contribution in [3.63, 3.8) is 0 Å². The monoisotopic (exact) mass is 406 g/mol.